The highest BCUT2D eigenvalue weighted by Crippen LogP contribution is 2.43. The molecule has 0 heterocycles. The third kappa shape index (κ3) is 3.77. The summed E-state index contributed by atoms with van der Waals surface area (Å²) in [4.78, 5) is 0. The zero-order valence-corrected chi connectivity index (χ0v) is 13.0. The summed E-state index contributed by atoms with van der Waals surface area (Å²) in [6.07, 6.45) is 3.04. The second-order valence-corrected chi connectivity index (χ2v) is 5.31. The Labute approximate surface area is 121 Å². The average Bonchev–Trinajstić information content (AvgIpc) is 2.37. The predicted molar refractivity (Wildman–Crippen MR) is 80.6 cm³/mol. The van der Waals surface area contributed by atoms with Crippen LogP contribution in [0.2, 0.25) is 5.02 Å². The molecule has 1 rings (SSSR count). The quantitative estimate of drug-likeness (QED) is 0.776. The minimum Gasteiger partial charge on any atom is -0.492 e. The van der Waals surface area contributed by atoms with Crippen molar-refractivity contribution in [2.24, 2.45) is 5.73 Å². The molecule has 0 bridgehead atoms. The number of methoxy groups -OCH3 is 2. The van der Waals surface area contributed by atoms with Gasteiger partial charge in [-0.2, -0.15) is 0 Å². The molecule has 0 atom stereocenters. The summed E-state index contributed by atoms with van der Waals surface area (Å²) in [6, 6.07) is 1.99. The molecule has 4 heteroatoms. The lowest BCUT2D eigenvalue weighted by atomic mass is 9.92. The van der Waals surface area contributed by atoms with Gasteiger partial charge in [-0.15, -0.1) is 0 Å². The number of rotatable bonds is 7. The van der Waals surface area contributed by atoms with Crippen LogP contribution in [0.5, 0.6) is 11.5 Å². The largest absolute Gasteiger partial charge is 0.492 e. The van der Waals surface area contributed by atoms with Gasteiger partial charge in [0, 0.05) is 5.56 Å². The molecular formula is C15H24ClNO2. The molecule has 108 valence electrons. The van der Waals surface area contributed by atoms with Crippen LogP contribution in [0.15, 0.2) is 6.07 Å². The molecule has 1 aromatic rings. The van der Waals surface area contributed by atoms with E-state index in [1.807, 2.05) is 6.07 Å². The van der Waals surface area contributed by atoms with E-state index in [-0.39, 0.29) is 0 Å². The van der Waals surface area contributed by atoms with E-state index in [4.69, 9.17) is 26.8 Å². The highest BCUT2D eigenvalue weighted by atomic mass is 35.5. The molecule has 0 fully saturated rings. The summed E-state index contributed by atoms with van der Waals surface area (Å²) in [5.74, 6) is 1.73. The van der Waals surface area contributed by atoms with Crippen molar-refractivity contribution in [1.29, 1.82) is 0 Å². The standard InChI is InChI=1S/C15H24ClNO2/c1-10(2)13-11(7-5-6-8-17)9-12(16)14(18-3)15(13)19-4/h9-10H,5-8,17H2,1-4H3. The lowest BCUT2D eigenvalue weighted by molar-refractivity contribution is 0.350. The second kappa shape index (κ2) is 7.61. The number of unbranched alkanes of at least 4 members (excludes halogenated alkanes) is 1. The van der Waals surface area contributed by atoms with Gasteiger partial charge in [0.25, 0.3) is 0 Å². The van der Waals surface area contributed by atoms with Gasteiger partial charge in [-0.05, 0) is 43.4 Å². The third-order valence-corrected chi connectivity index (χ3v) is 3.48. The molecule has 0 aliphatic carbocycles. The zero-order chi connectivity index (χ0) is 14.4. The summed E-state index contributed by atoms with van der Waals surface area (Å²) < 4.78 is 10.9. The molecule has 0 amide bonds. The Bertz CT molecular complexity index is 419. The van der Waals surface area contributed by atoms with Crippen molar-refractivity contribution in [3.8, 4) is 11.5 Å². The first-order chi connectivity index (χ1) is 9.06. The third-order valence-electron chi connectivity index (χ3n) is 3.20. The molecule has 0 spiro atoms. The maximum atomic E-state index is 6.27. The first-order valence-electron chi connectivity index (χ1n) is 6.70. The van der Waals surface area contributed by atoms with Crippen molar-refractivity contribution in [3.05, 3.63) is 22.2 Å². The predicted octanol–water partition coefficient (Wildman–Crippen LogP) is 3.76. The molecule has 1 aromatic carbocycles. The van der Waals surface area contributed by atoms with E-state index in [0.717, 1.165) is 31.6 Å². The normalized spacial score (nSPS) is 10.9. The van der Waals surface area contributed by atoms with Gasteiger partial charge in [-0.3, -0.25) is 0 Å². The first-order valence-corrected chi connectivity index (χ1v) is 7.07. The Morgan fingerprint density at radius 2 is 1.79 bits per heavy atom. The fourth-order valence-corrected chi connectivity index (χ4v) is 2.66. The van der Waals surface area contributed by atoms with Crippen molar-refractivity contribution >= 4 is 11.6 Å². The van der Waals surface area contributed by atoms with Crippen molar-refractivity contribution in [1.82, 2.24) is 0 Å². The van der Waals surface area contributed by atoms with E-state index in [9.17, 15) is 0 Å². The Hall–Kier alpha value is -0.930. The van der Waals surface area contributed by atoms with Crippen molar-refractivity contribution in [2.75, 3.05) is 20.8 Å². The van der Waals surface area contributed by atoms with E-state index in [0.29, 0.717) is 16.7 Å². The lowest BCUT2D eigenvalue weighted by Crippen LogP contribution is -2.05. The minimum atomic E-state index is 0.356. The molecule has 0 aromatic heterocycles. The van der Waals surface area contributed by atoms with Gasteiger partial charge in [0.2, 0.25) is 0 Å². The SMILES string of the molecule is COc1c(Cl)cc(CCCCN)c(C(C)C)c1OC. The molecule has 0 aliphatic heterocycles. The van der Waals surface area contributed by atoms with E-state index in [1.165, 1.54) is 11.1 Å². The smallest absolute Gasteiger partial charge is 0.179 e. The van der Waals surface area contributed by atoms with Gasteiger partial charge >= 0.3 is 0 Å². The van der Waals surface area contributed by atoms with E-state index < -0.39 is 0 Å². The average molecular weight is 286 g/mol. The summed E-state index contributed by atoms with van der Waals surface area (Å²) >= 11 is 6.27. The van der Waals surface area contributed by atoms with Gasteiger partial charge < -0.3 is 15.2 Å². The molecule has 2 N–H and O–H groups in total. The van der Waals surface area contributed by atoms with Crippen LogP contribution in [0.4, 0.5) is 0 Å². The summed E-state index contributed by atoms with van der Waals surface area (Å²) in [7, 11) is 3.27. The highest BCUT2D eigenvalue weighted by Gasteiger charge is 2.20. The number of nitrogens with two attached hydrogens (primary N) is 1. The summed E-state index contributed by atoms with van der Waals surface area (Å²) in [5.41, 5.74) is 7.96. The van der Waals surface area contributed by atoms with Gasteiger partial charge in [0.05, 0.1) is 19.2 Å². The zero-order valence-electron chi connectivity index (χ0n) is 12.3. The van der Waals surface area contributed by atoms with Crippen LogP contribution in [-0.4, -0.2) is 20.8 Å². The number of halogens is 1. The van der Waals surface area contributed by atoms with Gasteiger partial charge in [0.15, 0.2) is 11.5 Å². The molecule has 3 nitrogen and oxygen atoms in total. The Balaban J connectivity index is 3.25. The molecule has 0 saturated carbocycles. The molecule has 0 saturated heterocycles. The van der Waals surface area contributed by atoms with Crippen molar-refractivity contribution < 1.29 is 9.47 Å². The molecule has 0 radical (unpaired) electrons. The van der Waals surface area contributed by atoms with E-state index in [2.05, 4.69) is 13.8 Å². The monoisotopic (exact) mass is 285 g/mol. The van der Waals surface area contributed by atoms with Gasteiger partial charge in [0.1, 0.15) is 0 Å². The molecule has 0 unspecified atom stereocenters. The van der Waals surface area contributed by atoms with E-state index >= 15 is 0 Å². The molecule has 19 heavy (non-hydrogen) atoms. The van der Waals surface area contributed by atoms with Crippen LogP contribution in [0.1, 0.15) is 43.7 Å². The van der Waals surface area contributed by atoms with E-state index in [1.54, 1.807) is 14.2 Å². The number of hydrogen-bond donors (Lipinski definition) is 1. The second-order valence-electron chi connectivity index (χ2n) is 4.90. The number of ether oxygens (including phenoxy) is 2. The van der Waals surface area contributed by atoms with Crippen molar-refractivity contribution in [3.63, 3.8) is 0 Å². The fourth-order valence-electron chi connectivity index (χ4n) is 2.37. The lowest BCUT2D eigenvalue weighted by Gasteiger charge is -2.20. The first kappa shape index (κ1) is 16.1. The van der Waals surface area contributed by atoms with Crippen LogP contribution in [0.25, 0.3) is 0 Å². The van der Waals surface area contributed by atoms with Crippen LogP contribution in [0, 0.1) is 0 Å². The topological polar surface area (TPSA) is 44.5 Å². The fraction of sp³-hybridized carbons (Fsp3) is 0.600. The van der Waals surface area contributed by atoms with Gasteiger partial charge in [-0.1, -0.05) is 25.4 Å². The Morgan fingerprint density at radius 3 is 2.26 bits per heavy atom. The van der Waals surface area contributed by atoms with Crippen LogP contribution < -0.4 is 15.2 Å². The number of aryl methyl sites for hydroxylation is 1. The highest BCUT2D eigenvalue weighted by molar-refractivity contribution is 6.32. The molecular weight excluding hydrogens is 262 g/mol. The van der Waals surface area contributed by atoms with Crippen LogP contribution in [0.3, 0.4) is 0 Å². The maximum absolute atomic E-state index is 6.27. The van der Waals surface area contributed by atoms with Crippen LogP contribution in [-0.2, 0) is 6.42 Å². The van der Waals surface area contributed by atoms with Crippen molar-refractivity contribution in [2.45, 2.75) is 39.0 Å². The molecule has 0 aliphatic rings. The maximum Gasteiger partial charge on any atom is 0.179 e. The Morgan fingerprint density at radius 1 is 1.16 bits per heavy atom. The number of hydrogen-bond acceptors (Lipinski definition) is 3. The minimum absolute atomic E-state index is 0.356. The number of benzene rings is 1. The van der Waals surface area contributed by atoms with Crippen LogP contribution >= 0.6 is 11.6 Å². The summed E-state index contributed by atoms with van der Waals surface area (Å²) in [5, 5.41) is 0.603. The summed E-state index contributed by atoms with van der Waals surface area (Å²) in [6.45, 7) is 5.02. The van der Waals surface area contributed by atoms with Gasteiger partial charge in [-0.25, -0.2) is 0 Å². The Kier molecular flexibility index (Phi) is 6.46.